The molecule has 0 bridgehead atoms. The summed E-state index contributed by atoms with van der Waals surface area (Å²) in [5, 5.41) is 9.83. The first-order valence-corrected chi connectivity index (χ1v) is 11.2. The van der Waals surface area contributed by atoms with Crippen LogP contribution in [0.5, 0.6) is 5.75 Å². The Kier molecular flexibility index (Phi) is 6.68. The van der Waals surface area contributed by atoms with E-state index in [0.29, 0.717) is 17.8 Å². The summed E-state index contributed by atoms with van der Waals surface area (Å²) in [6.45, 7) is 0.471. The van der Waals surface area contributed by atoms with Crippen LogP contribution in [0.25, 0.3) is 16.3 Å². The number of ether oxygens (including phenoxy) is 1. The number of nitrogens with one attached hydrogen (secondary N) is 1. The summed E-state index contributed by atoms with van der Waals surface area (Å²) in [6.07, 6.45) is 1.80. The van der Waals surface area contributed by atoms with Crippen molar-refractivity contribution in [1.82, 2.24) is 20.0 Å². The molecule has 0 spiro atoms. The number of hydrogen-bond donors (Lipinski definition) is 1. The SMILES string of the molecule is COc1ccc([C@@H](CNC(=O)c2cn(-c3ccccc3)nc2-c2cccs2)N(C)C)cc1. The molecule has 0 fully saturated rings. The van der Waals surface area contributed by atoms with Crippen LogP contribution in [0.4, 0.5) is 0 Å². The molecule has 0 saturated heterocycles. The third kappa shape index (κ3) is 4.74. The first-order chi connectivity index (χ1) is 15.6. The number of thiophene rings is 1. The number of hydrogen-bond acceptors (Lipinski definition) is 5. The zero-order valence-electron chi connectivity index (χ0n) is 18.4. The Labute approximate surface area is 192 Å². The monoisotopic (exact) mass is 446 g/mol. The molecule has 32 heavy (non-hydrogen) atoms. The summed E-state index contributed by atoms with van der Waals surface area (Å²) in [4.78, 5) is 16.3. The Morgan fingerprint density at radius 1 is 1.09 bits per heavy atom. The standard InChI is InChI=1S/C25H26N4O2S/c1-28(2)22(18-11-13-20(31-3)14-12-18)16-26-25(30)21-17-29(19-8-5-4-6-9-19)27-24(21)23-10-7-15-32-23/h4-15,17,22H,16H2,1-3H3,(H,26,30)/t22-/m1/s1. The third-order valence-electron chi connectivity index (χ3n) is 5.31. The molecule has 0 aliphatic carbocycles. The molecular formula is C25H26N4O2S. The first-order valence-electron chi connectivity index (χ1n) is 10.3. The zero-order valence-corrected chi connectivity index (χ0v) is 19.2. The molecule has 2 aromatic heterocycles. The second kappa shape index (κ2) is 9.80. The molecule has 1 N–H and O–H groups in total. The number of carbonyl (C=O) groups is 1. The fourth-order valence-electron chi connectivity index (χ4n) is 3.56. The van der Waals surface area contributed by atoms with E-state index in [2.05, 4.69) is 10.2 Å². The molecule has 4 aromatic rings. The lowest BCUT2D eigenvalue weighted by Gasteiger charge is -2.25. The van der Waals surface area contributed by atoms with E-state index in [-0.39, 0.29) is 11.9 Å². The lowest BCUT2D eigenvalue weighted by atomic mass is 10.1. The Morgan fingerprint density at radius 3 is 2.47 bits per heavy atom. The topological polar surface area (TPSA) is 59.4 Å². The Bertz CT molecular complexity index is 1150. The molecule has 1 atom stereocenters. The number of rotatable bonds is 8. The van der Waals surface area contributed by atoms with Crippen LogP contribution in [-0.2, 0) is 0 Å². The molecule has 164 valence electrons. The average molecular weight is 447 g/mol. The van der Waals surface area contributed by atoms with Crippen molar-refractivity contribution < 1.29 is 9.53 Å². The van der Waals surface area contributed by atoms with Gasteiger partial charge in [-0.25, -0.2) is 4.68 Å². The number of carbonyl (C=O) groups excluding carboxylic acids is 1. The van der Waals surface area contributed by atoms with E-state index in [1.807, 2.05) is 86.2 Å². The summed E-state index contributed by atoms with van der Waals surface area (Å²) < 4.78 is 7.02. The largest absolute Gasteiger partial charge is 0.497 e. The van der Waals surface area contributed by atoms with Gasteiger partial charge < -0.3 is 15.0 Å². The van der Waals surface area contributed by atoms with Crippen LogP contribution < -0.4 is 10.1 Å². The summed E-state index contributed by atoms with van der Waals surface area (Å²) in [5.41, 5.74) is 3.26. The second-order valence-corrected chi connectivity index (χ2v) is 8.56. The van der Waals surface area contributed by atoms with E-state index in [9.17, 15) is 4.79 Å². The molecule has 4 rings (SSSR count). The van der Waals surface area contributed by atoms with Crippen LogP contribution in [0.2, 0.25) is 0 Å². The predicted molar refractivity (Wildman–Crippen MR) is 129 cm³/mol. The van der Waals surface area contributed by atoms with Crippen LogP contribution in [0.1, 0.15) is 22.0 Å². The summed E-state index contributed by atoms with van der Waals surface area (Å²) in [5.74, 6) is 0.667. The molecule has 0 aliphatic heterocycles. The Balaban J connectivity index is 1.58. The number of aromatic nitrogens is 2. The lowest BCUT2D eigenvalue weighted by Crippen LogP contribution is -2.34. The van der Waals surface area contributed by atoms with Gasteiger partial charge in [0.05, 0.1) is 29.3 Å². The van der Waals surface area contributed by atoms with Gasteiger partial charge in [-0.15, -0.1) is 11.3 Å². The van der Waals surface area contributed by atoms with Gasteiger partial charge in [0.1, 0.15) is 11.4 Å². The van der Waals surface area contributed by atoms with Crippen molar-refractivity contribution in [2.24, 2.45) is 0 Å². The number of methoxy groups -OCH3 is 1. The number of nitrogens with zero attached hydrogens (tertiary/aromatic N) is 3. The van der Waals surface area contributed by atoms with E-state index >= 15 is 0 Å². The zero-order chi connectivity index (χ0) is 22.5. The van der Waals surface area contributed by atoms with Gasteiger partial charge in [0.25, 0.3) is 5.91 Å². The maximum atomic E-state index is 13.3. The van der Waals surface area contributed by atoms with Crippen molar-refractivity contribution in [3.05, 3.63) is 89.4 Å². The highest BCUT2D eigenvalue weighted by Gasteiger charge is 2.21. The smallest absolute Gasteiger partial charge is 0.255 e. The maximum Gasteiger partial charge on any atom is 0.255 e. The lowest BCUT2D eigenvalue weighted by molar-refractivity contribution is 0.0942. The van der Waals surface area contributed by atoms with Gasteiger partial charge in [-0.3, -0.25) is 4.79 Å². The van der Waals surface area contributed by atoms with Gasteiger partial charge in [0.2, 0.25) is 0 Å². The molecule has 1 amide bonds. The first kappa shape index (κ1) is 21.8. The molecule has 2 aromatic carbocycles. The Hall–Kier alpha value is -3.42. The maximum absolute atomic E-state index is 13.3. The van der Waals surface area contributed by atoms with Crippen LogP contribution in [-0.4, -0.2) is 48.3 Å². The van der Waals surface area contributed by atoms with Gasteiger partial charge >= 0.3 is 0 Å². The highest BCUT2D eigenvalue weighted by Crippen LogP contribution is 2.28. The van der Waals surface area contributed by atoms with Crippen LogP contribution in [0.3, 0.4) is 0 Å². The number of amides is 1. The summed E-state index contributed by atoms with van der Waals surface area (Å²) in [7, 11) is 5.66. The van der Waals surface area contributed by atoms with Crippen molar-refractivity contribution in [2.45, 2.75) is 6.04 Å². The van der Waals surface area contributed by atoms with E-state index in [0.717, 1.165) is 21.9 Å². The average Bonchev–Trinajstić information content (AvgIpc) is 3.50. The van der Waals surface area contributed by atoms with Gasteiger partial charge in [-0.05, 0) is 55.4 Å². The second-order valence-electron chi connectivity index (χ2n) is 7.61. The summed E-state index contributed by atoms with van der Waals surface area (Å²) >= 11 is 1.57. The van der Waals surface area contributed by atoms with Crippen LogP contribution in [0.15, 0.2) is 78.3 Å². The predicted octanol–water partition coefficient (Wildman–Crippen LogP) is 4.64. The van der Waals surface area contributed by atoms with Crippen LogP contribution >= 0.6 is 11.3 Å². The fourth-order valence-corrected chi connectivity index (χ4v) is 4.28. The van der Waals surface area contributed by atoms with Crippen molar-refractivity contribution in [3.8, 4) is 22.0 Å². The molecule has 0 aliphatic rings. The van der Waals surface area contributed by atoms with Gasteiger partial charge in [-0.1, -0.05) is 36.4 Å². The molecule has 0 saturated carbocycles. The van der Waals surface area contributed by atoms with Crippen LogP contribution in [0, 0.1) is 0 Å². The molecule has 0 unspecified atom stereocenters. The van der Waals surface area contributed by atoms with Gasteiger partial charge in [0.15, 0.2) is 0 Å². The number of likely N-dealkylation sites (N-methyl/N-ethyl adjacent to an activating group) is 1. The van der Waals surface area contributed by atoms with E-state index in [1.54, 1.807) is 29.3 Å². The molecule has 2 heterocycles. The number of benzene rings is 2. The van der Waals surface area contributed by atoms with Gasteiger partial charge in [0, 0.05) is 12.7 Å². The van der Waals surface area contributed by atoms with E-state index < -0.39 is 0 Å². The van der Waals surface area contributed by atoms with Crippen molar-refractivity contribution >= 4 is 17.2 Å². The third-order valence-corrected chi connectivity index (χ3v) is 6.19. The van der Waals surface area contributed by atoms with Crippen molar-refractivity contribution in [3.63, 3.8) is 0 Å². The Morgan fingerprint density at radius 2 is 1.84 bits per heavy atom. The quantitative estimate of drug-likeness (QED) is 0.428. The fraction of sp³-hybridized carbons (Fsp3) is 0.200. The van der Waals surface area contributed by atoms with Gasteiger partial charge in [-0.2, -0.15) is 5.10 Å². The van der Waals surface area contributed by atoms with E-state index in [4.69, 9.17) is 9.84 Å². The summed E-state index contributed by atoms with van der Waals surface area (Å²) in [6, 6.07) is 21.7. The van der Waals surface area contributed by atoms with Crippen molar-refractivity contribution in [1.29, 1.82) is 0 Å². The molecule has 6 nitrogen and oxygen atoms in total. The van der Waals surface area contributed by atoms with Crippen molar-refractivity contribution in [2.75, 3.05) is 27.7 Å². The highest BCUT2D eigenvalue weighted by molar-refractivity contribution is 7.13. The minimum absolute atomic E-state index is 0.0270. The number of para-hydroxylation sites is 1. The molecule has 0 radical (unpaired) electrons. The molecular weight excluding hydrogens is 420 g/mol. The highest BCUT2D eigenvalue weighted by atomic mass is 32.1. The normalized spacial score (nSPS) is 12.0. The molecule has 7 heteroatoms. The minimum atomic E-state index is -0.143. The minimum Gasteiger partial charge on any atom is -0.497 e. The van der Waals surface area contributed by atoms with E-state index in [1.165, 1.54) is 0 Å².